The summed E-state index contributed by atoms with van der Waals surface area (Å²) in [4.78, 5) is 3.19. The van der Waals surface area contributed by atoms with Crippen molar-refractivity contribution in [3.63, 3.8) is 0 Å². The number of aromatic nitrogens is 1. The van der Waals surface area contributed by atoms with E-state index >= 15 is 0 Å². The summed E-state index contributed by atoms with van der Waals surface area (Å²) >= 11 is 0. The summed E-state index contributed by atoms with van der Waals surface area (Å²) in [5.74, 6) is 0.968. The fourth-order valence-corrected chi connectivity index (χ4v) is 2.25. The maximum Gasteiger partial charge on any atom is 0.131 e. The van der Waals surface area contributed by atoms with Gasteiger partial charge in [-0.1, -0.05) is 6.07 Å². The number of rotatable bonds is 3. The monoisotopic (exact) mass is 216 g/mol. The van der Waals surface area contributed by atoms with Gasteiger partial charge < -0.3 is 15.5 Å². The van der Waals surface area contributed by atoms with Crippen molar-refractivity contribution in [1.29, 1.82) is 0 Å². The molecule has 3 nitrogen and oxygen atoms in total. The molecule has 1 fully saturated rings. The van der Waals surface area contributed by atoms with Gasteiger partial charge in [-0.2, -0.15) is 0 Å². The fourth-order valence-electron chi connectivity index (χ4n) is 2.25. The SMILES string of the molecule is COc1c(CC2(N)CC2)ccc2[nH]ccc12. The zero-order valence-corrected chi connectivity index (χ0v) is 9.42. The minimum absolute atomic E-state index is 0.0251. The third-order valence-corrected chi connectivity index (χ3v) is 3.41. The zero-order valence-electron chi connectivity index (χ0n) is 9.42. The summed E-state index contributed by atoms with van der Waals surface area (Å²) in [5.41, 5.74) is 8.51. The Labute approximate surface area is 94.6 Å². The third kappa shape index (κ3) is 1.48. The van der Waals surface area contributed by atoms with Crippen LogP contribution in [0.15, 0.2) is 24.4 Å². The van der Waals surface area contributed by atoms with Crippen molar-refractivity contribution in [3.8, 4) is 5.75 Å². The van der Waals surface area contributed by atoms with Crippen molar-refractivity contribution in [2.24, 2.45) is 5.73 Å². The normalized spacial score (nSPS) is 17.6. The van der Waals surface area contributed by atoms with Gasteiger partial charge in [0.15, 0.2) is 0 Å². The first-order valence-electron chi connectivity index (χ1n) is 5.64. The Morgan fingerprint density at radius 3 is 2.88 bits per heavy atom. The highest BCUT2D eigenvalue weighted by atomic mass is 16.5. The van der Waals surface area contributed by atoms with Gasteiger partial charge in [0.05, 0.1) is 7.11 Å². The predicted octanol–water partition coefficient (Wildman–Crippen LogP) is 2.21. The van der Waals surface area contributed by atoms with Crippen molar-refractivity contribution in [2.45, 2.75) is 24.8 Å². The molecule has 1 aliphatic carbocycles. The Bertz CT molecular complexity index is 526. The largest absolute Gasteiger partial charge is 0.496 e. The lowest BCUT2D eigenvalue weighted by atomic mass is 10.0. The van der Waals surface area contributed by atoms with E-state index < -0.39 is 0 Å². The van der Waals surface area contributed by atoms with Crippen LogP contribution in [0.3, 0.4) is 0 Å². The molecular formula is C13H16N2O. The maximum absolute atomic E-state index is 6.16. The smallest absolute Gasteiger partial charge is 0.131 e. The van der Waals surface area contributed by atoms with Gasteiger partial charge in [-0.15, -0.1) is 0 Å². The van der Waals surface area contributed by atoms with Gasteiger partial charge in [0, 0.05) is 22.6 Å². The minimum Gasteiger partial charge on any atom is -0.496 e. The van der Waals surface area contributed by atoms with Gasteiger partial charge >= 0.3 is 0 Å². The van der Waals surface area contributed by atoms with Gasteiger partial charge in [0.2, 0.25) is 0 Å². The van der Waals surface area contributed by atoms with E-state index in [1.807, 2.05) is 12.3 Å². The Kier molecular flexibility index (Phi) is 1.98. The Hall–Kier alpha value is -1.48. The summed E-state index contributed by atoms with van der Waals surface area (Å²) in [6.45, 7) is 0. The number of H-pyrrole nitrogens is 1. The van der Waals surface area contributed by atoms with Crippen molar-refractivity contribution < 1.29 is 4.74 Å². The molecule has 84 valence electrons. The number of benzene rings is 1. The quantitative estimate of drug-likeness (QED) is 0.826. The van der Waals surface area contributed by atoms with Crippen LogP contribution in [0.5, 0.6) is 5.75 Å². The van der Waals surface area contributed by atoms with Crippen LogP contribution >= 0.6 is 0 Å². The summed E-state index contributed by atoms with van der Waals surface area (Å²) in [6, 6.07) is 6.26. The Morgan fingerprint density at radius 1 is 1.38 bits per heavy atom. The number of hydrogen-bond donors (Lipinski definition) is 2. The molecule has 1 heterocycles. The molecule has 0 unspecified atom stereocenters. The molecule has 0 aliphatic heterocycles. The minimum atomic E-state index is 0.0251. The van der Waals surface area contributed by atoms with Gasteiger partial charge in [-0.25, -0.2) is 0 Å². The van der Waals surface area contributed by atoms with Crippen LogP contribution < -0.4 is 10.5 Å². The number of nitrogens with two attached hydrogens (primary N) is 1. The molecule has 1 saturated carbocycles. The molecule has 3 rings (SSSR count). The van der Waals surface area contributed by atoms with Crippen LogP contribution in [0.25, 0.3) is 10.9 Å². The topological polar surface area (TPSA) is 51.0 Å². The van der Waals surface area contributed by atoms with Crippen LogP contribution in [-0.2, 0) is 6.42 Å². The number of hydrogen-bond acceptors (Lipinski definition) is 2. The number of methoxy groups -OCH3 is 1. The van der Waals surface area contributed by atoms with E-state index in [0.717, 1.165) is 35.9 Å². The number of fused-ring (bicyclic) bond motifs is 1. The molecule has 2 aromatic rings. The summed E-state index contributed by atoms with van der Waals surface area (Å²) in [7, 11) is 1.72. The van der Waals surface area contributed by atoms with Crippen LogP contribution in [0, 0.1) is 0 Å². The van der Waals surface area contributed by atoms with E-state index in [9.17, 15) is 0 Å². The van der Waals surface area contributed by atoms with Crippen molar-refractivity contribution in [3.05, 3.63) is 30.0 Å². The highest BCUT2D eigenvalue weighted by Gasteiger charge is 2.38. The average molecular weight is 216 g/mol. The Balaban J connectivity index is 2.08. The van der Waals surface area contributed by atoms with Crippen LogP contribution in [-0.4, -0.2) is 17.6 Å². The molecule has 1 aromatic heterocycles. The van der Waals surface area contributed by atoms with E-state index in [2.05, 4.69) is 17.1 Å². The van der Waals surface area contributed by atoms with E-state index in [-0.39, 0.29) is 5.54 Å². The van der Waals surface area contributed by atoms with E-state index in [0.29, 0.717) is 0 Å². The van der Waals surface area contributed by atoms with Gasteiger partial charge in [0.25, 0.3) is 0 Å². The van der Waals surface area contributed by atoms with E-state index in [1.54, 1.807) is 7.11 Å². The molecule has 0 radical (unpaired) electrons. The molecule has 3 N–H and O–H groups in total. The van der Waals surface area contributed by atoms with Crippen LogP contribution in [0.4, 0.5) is 0 Å². The second-order valence-corrected chi connectivity index (χ2v) is 4.74. The zero-order chi connectivity index (χ0) is 11.2. The summed E-state index contributed by atoms with van der Waals surface area (Å²) in [6.07, 6.45) is 5.10. The molecule has 1 aliphatic rings. The second-order valence-electron chi connectivity index (χ2n) is 4.74. The highest BCUT2D eigenvalue weighted by Crippen LogP contribution is 2.39. The Morgan fingerprint density at radius 2 is 2.19 bits per heavy atom. The average Bonchev–Trinajstić information content (AvgIpc) is 2.80. The summed E-state index contributed by atoms with van der Waals surface area (Å²) in [5, 5.41) is 1.14. The molecule has 0 bridgehead atoms. The van der Waals surface area contributed by atoms with Crippen molar-refractivity contribution in [1.82, 2.24) is 4.98 Å². The van der Waals surface area contributed by atoms with Gasteiger partial charge in [0.1, 0.15) is 5.75 Å². The van der Waals surface area contributed by atoms with Gasteiger partial charge in [-0.3, -0.25) is 0 Å². The molecule has 16 heavy (non-hydrogen) atoms. The fraction of sp³-hybridized carbons (Fsp3) is 0.385. The van der Waals surface area contributed by atoms with Crippen molar-refractivity contribution in [2.75, 3.05) is 7.11 Å². The summed E-state index contributed by atoms with van der Waals surface area (Å²) < 4.78 is 5.52. The standard InChI is InChI=1S/C13H16N2O/c1-16-12-9(8-13(14)5-6-13)2-3-11-10(12)4-7-15-11/h2-4,7,15H,5-6,8,14H2,1H3. The second kappa shape index (κ2) is 3.25. The molecule has 0 amide bonds. The first-order chi connectivity index (χ1) is 7.72. The van der Waals surface area contributed by atoms with Crippen molar-refractivity contribution >= 4 is 10.9 Å². The highest BCUT2D eigenvalue weighted by molar-refractivity contribution is 5.87. The molecule has 1 aromatic carbocycles. The number of ether oxygens (including phenoxy) is 1. The number of aromatic amines is 1. The molecule has 0 spiro atoms. The maximum atomic E-state index is 6.16. The lowest BCUT2D eigenvalue weighted by Crippen LogP contribution is -2.24. The molecule has 0 atom stereocenters. The third-order valence-electron chi connectivity index (χ3n) is 3.41. The van der Waals surface area contributed by atoms with Gasteiger partial charge in [-0.05, 0) is 37.0 Å². The van der Waals surface area contributed by atoms with Crippen LogP contribution in [0.2, 0.25) is 0 Å². The lowest BCUT2D eigenvalue weighted by Gasteiger charge is -2.13. The lowest BCUT2D eigenvalue weighted by molar-refractivity contribution is 0.412. The predicted molar refractivity (Wildman–Crippen MR) is 64.7 cm³/mol. The molecular weight excluding hydrogens is 200 g/mol. The number of nitrogens with one attached hydrogen (secondary N) is 1. The first kappa shape index (κ1) is 9.73. The van der Waals surface area contributed by atoms with E-state index in [1.165, 1.54) is 5.56 Å². The van der Waals surface area contributed by atoms with E-state index in [4.69, 9.17) is 10.5 Å². The molecule has 0 saturated heterocycles. The van der Waals surface area contributed by atoms with Crippen LogP contribution in [0.1, 0.15) is 18.4 Å². The first-order valence-corrected chi connectivity index (χ1v) is 5.64. The molecule has 3 heteroatoms.